The molecule has 5 amide bonds. The first-order valence-corrected chi connectivity index (χ1v) is 21.8. The first kappa shape index (κ1) is 46.1. The molecule has 0 bridgehead atoms. The average molecular weight is 857 g/mol. The smallest absolute Gasteiger partial charge is 0.407 e. The molecule has 63 heavy (non-hydrogen) atoms. The summed E-state index contributed by atoms with van der Waals surface area (Å²) in [5, 5.41) is 20.7. The van der Waals surface area contributed by atoms with Crippen LogP contribution in [0.25, 0.3) is 22.0 Å². The number of urea groups is 1. The van der Waals surface area contributed by atoms with Gasteiger partial charge >= 0.3 is 12.1 Å². The van der Waals surface area contributed by atoms with Crippen LogP contribution in [0.5, 0.6) is 0 Å². The zero-order valence-corrected chi connectivity index (χ0v) is 36.8. The number of nitrogens with one attached hydrogen (secondary N) is 3. The number of hydrazine groups is 1. The number of aliphatic hydroxyl groups excluding tert-OH is 1. The van der Waals surface area contributed by atoms with Crippen molar-refractivity contribution in [2.24, 2.45) is 11.8 Å². The number of amides is 5. The van der Waals surface area contributed by atoms with Gasteiger partial charge in [-0.1, -0.05) is 119 Å². The lowest BCUT2D eigenvalue weighted by Gasteiger charge is -2.35. The molecule has 14 heteroatoms. The minimum atomic E-state index is -1.21. The Morgan fingerprint density at radius 1 is 0.810 bits per heavy atom. The summed E-state index contributed by atoms with van der Waals surface area (Å²) in [6.45, 7) is 9.04. The number of nitrogens with zero attached hydrogens (tertiary/aromatic N) is 5. The van der Waals surface area contributed by atoms with E-state index in [2.05, 4.69) is 26.0 Å². The molecule has 14 nitrogen and oxygen atoms in total. The lowest BCUT2D eigenvalue weighted by molar-refractivity contribution is -0.132. The van der Waals surface area contributed by atoms with Gasteiger partial charge in [-0.15, -0.1) is 0 Å². The van der Waals surface area contributed by atoms with Crippen LogP contribution < -0.4 is 16.1 Å². The summed E-state index contributed by atoms with van der Waals surface area (Å²) < 4.78 is 4.84. The highest BCUT2D eigenvalue weighted by Gasteiger charge is 2.41. The van der Waals surface area contributed by atoms with Gasteiger partial charge in [-0.3, -0.25) is 25.0 Å². The van der Waals surface area contributed by atoms with Crippen molar-refractivity contribution in [2.45, 2.75) is 84.3 Å². The molecule has 0 aliphatic carbocycles. The maximum atomic E-state index is 14.7. The van der Waals surface area contributed by atoms with E-state index in [0.717, 1.165) is 38.7 Å². The van der Waals surface area contributed by atoms with Gasteiger partial charge in [0.2, 0.25) is 5.91 Å². The molecule has 1 aliphatic heterocycles. The molecule has 6 atom stereocenters. The lowest BCUT2D eigenvalue weighted by atomic mass is 9.95. The number of hydrogen-bond acceptors (Lipinski definition) is 9. The number of rotatable bonds is 20. The summed E-state index contributed by atoms with van der Waals surface area (Å²) in [7, 11) is 1.24. The van der Waals surface area contributed by atoms with Crippen LogP contribution in [0, 0.1) is 11.8 Å². The predicted octanol–water partition coefficient (Wildman–Crippen LogP) is 6.34. The Morgan fingerprint density at radius 3 is 2.24 bits per heavy atom. The summed E-state index contributed by atoms with van der Waals surface area (Å²) in [5.41, 5.74) is 8.45. The van der Waals surface area contributed by atoms with Crippen molar-refractivity contribution in [3.63, 3.8) is 0 Å². The zero-order valence-electron chi connectivity index (χ0n) is 36.8. The molecule has 1 saturated heterocycles. The molecule has 0 unspecified atom stereocenters. The van der Waals surface area contributed by atoms with Gasteiger partial charge in [-0.25, -0.2) is 14.6 Å². The van der Waals surface area contributed by atoms with E-state index in [9.17, 15) is 24.3 Å². The number of aromatic nitrogens is 2. The zero-order chi connectivity index (χ0) is 44.9. The molecular weight excluding hydrogens is 797 g/mol. The molecule has 6 rings (SSSR count). The highest BCUT2D eigenvalue weighted by atomic mass is 16.5. The molecular formula is C49H60N8O6. The Morgan fingerprint density at radius 2 is 1.54 bits per heavy atom. The lowest BCUT2D eigenvalue weighted by Crippen LogP contribution is -2.59. The van der Waals surface area contributed by atoms with Crippen molar-refractivity contribution < 1.29 is 29.0 Å². The maximum Gasteiger partial charge on any atom is 0.407 e. The van der Waals surface area contributed by atoms with Gasteiger partial charge in [-0.05, 0) is 64.3 Å². The van der Waals surface area contributed by atoms with Crippen molar-refractivity contribution in [3.8, 4) is 11.1 Å². The van der Waals surface area contributed by atoms with E-state index in [4.69, 9.17) is 4.74 Å². The summed E-state index contributed by atoms with van der Waals surface area (Å²) in [4.78, 5) is 67.4. The van der Waals surface area contributed by atoms with Crippen LogP contribution in [0.2, 0.25) is 0 Å². The Labute approximate surface area is 370 Å². The fourth-order valence-corrected chi connectivity index (χ4v) is 8.03. The highest BCUT2D eigenvalue weighted by molar-refractivity contribution is 5.89. The minimum Gasteiger partial charge on any atom is -0.453 e. The average Bonchev–Trinajstić information content (AvgIpc) is 3.66. The molecule has 4 N–H and O–H groups in total. The number of hydrogen-bond donors (Lipinski definition) is 4. The highest BCUT2D eigenvalue weighted by Crippen LogP contribution is 2.26. The molecule has 5 aromatic rings. The normalized spacial score (nSPS) is 15.6. The van der Waals surface area contributed by atoms with E-state index >= 15 is 0 Å². The number of carbonyl (C=O) groups excluding carboxylic acids is 4. The van der Waals surface area contributed by atoms with E-state index < -0.39 is 36.2 Å². The Bertz CT molecular complexity index is 2280. The van der Waals surface area contributed by atoms with E-state index in [1.165, 1.54) is 7.11 Å². The summed E-state index contributed by atoms with van der Waals surface area (Å²) in [6.07, 6.45) is 4.82. The number of methoxy groups -OCH3 is 1. The molecule has 3 aromatic carbocycles. The Kier molecular flexibility index (Phi) is 16.2. The summed E-state index contributed by atoms with van der Waals surface area (Å²) in [5.74, 6) is -1.29. The third-order valence-corrected chi connectivity index (χ3v) is 12.1. The molecule has 2 aromatic heterocycles. The fraction of sp³-hybridized carbons (Fsp3) is 0.388. The molecule has 1 aliphatic rings. The quantitative estimate of drug-likeness (QED) is 0.0653. The Balaban J connectivity index is 1.25. The largest absolute Gasteiger partial charge is 0.453 e. The van der Waals surface area contributed by atoms with Crippen molar-refractivity contribution in [1.82, 2.24) is 40.8 Å². The predicted molar refractivity (Wildman–Crippen MR) is 243 cm³/mol. The SMILES string of the molecule is CC[C@H](C)[C@H](NC(=O)OC)C(=O)NN(Cc1ccc(-c2cccnc2)cc1)C[C@H](O)[C@H](Cc1ccccc1)NC(=O)[C@H]([C@@H](C)CC)N1CCN(Cc2ccnc3ccccc23)C1=O. The first-order chi connectivity index (χ1) is 30.5. The number of pyridine rings is 2. The van der Waals surface area contributed by atoms with Crippen LogP contribution in [-0.4, -0.2) is 105 Å². The Hall–Kier alpha value is -6.38. The number of carbonyl (C=O) groups is 4. The van der Waals surface area contributed by atoms with Crippen LogP contribution in [-0.2, 0) is 33.8 Å². The van der Waals surface area contributed by atoms with Gasteiger partial charge in [0, 0.05) is 56.7 Å². The van der Waals surface area contributed by atoms with E-state index in [-0.39, 0.29) is 43.3 Å². The molecule has 0 saturated carbocycles. The number of ether oxygens (including phenoxy) is 1. The van der Waals surface area contributed by atoms with E-state index in [0.29, 0.717) is 32.5 Å². The van der Waals surface area contributed by atoms with Crippen molar-refractivity contribution in [3.05, 3.63) is 132 Å². The van der Waals surface area contributed by atoms with Crippen LogP contribution in [0.15, 0.2) is 116 Å². The van der Waals surface area contributed by atoms with Crippen LogP contribution in [0.4, 0.5) is 9.59 Å². The monoisotopic (exact) mass is 856 g/mol. The topological polar surface area (TPSA) is 169 Å². The molecule has 0 spiro atoms. The van der Waals surface area contributed by atoms with E-state index in [1.54, 1.807) is 33.4 Å². The molecule has 332 valence electrons. The third kappa shape index (κ3) is 12.0. The second kappa shape index (κ2) is 22.1. The first-order valence-electron chi connectivity index (χ1n) is 21.8. The number of alkyl carbamates (subject to hydrolysis) is 1. The number of aliphatic hydroxyl groups is 1. The maximum absolute atomic E-state index is 14.7. The summed E-state index contributed by atoms with van der Waals surface area (Å²) >= 11 is 0. The van der Waals surface area contributed by atoms with Gasteiger partial charge in [0.1, 0.15) is 12.1 Å². The van der Waals surface area contributed by atoms with Gasteiger partial charge in [-0.2, -0.15) is 0 Å². The van der Waals surface area contributed by atoms with Gasteiger partial charge in [0.15, 0.2) is 0 Å². The number of benzene rings is 3. The van der Waals surface area contributed by atoms with Gasteiger partial charge in [0.25, 0.3) is 5.91 Å². The third-order valence-electron chi connectivity index (χ3n) is 12.1. The van der Waals surface area contributed by atoms with Crippen molar-refractivity contribution in [2.75, 3.05) is 26.7 Å². The van der Waals surface area contributed by atoms with Gasteiger partial charge < -0.3 is 30.3 Å². The van der Waals surface area contributed by atoms with Crippen molar-refractivity contribution >= 4 is 34.8 Å². The fourth-order valence-electron chi connectivity index (χ4n) is 8.03. The molecule has 1 fully saturated rings. The summed E-state index contributed by atoms with van der Waals surface area (Å²) in [6, 6.07) is 28.2. The molecule has 0 radical (unpaired) electrons. The number of para-hydroxylation sites is 1. The van der Waals surface area contributed by atoms with Crippen molar-refractivity contribution in [1.29, 1.82) is 0 Å². The van der Waals surface area contributed by atoms with Crippen LogP contribution in [0.1, 0.15) is 57.2 Å². The minimum absolute atomic E-state index is 0.0936. The number of fused-ring (bicyclic) bond motifs is 1. The van der Waals surface area contributed by atoms with Gasteiger partial charge in [0.05, 0.1) is 24.8 Å². The van der Waals surface area contributed by atoms with E-state index in [1.807, 2.05) is 125 Å². The van der Waals surface area contributed by atoms with Crippen LogP contribution in [0.3, 0.4) is 0 Å². The molecule has 3 heterocycles. The second-order valence-corrected chi connectivity index (χ2v) is 16.4. The standard InChI is InChI=1S/C49H60N8O6/c1-6-33(3)44(53-48(61)63-5)46(59)54-56(30-36-19-21-37(22-20-36)38-16-13-24-50-29-38)32-43(58)42(28-35-14-9-8-10-15-35)52-47(60)45(34(4)7-2)57-27-26-55(49(57)62)31-39-23-25-51-41-18-12-11-17-40(39)41/h8-25,29,33-34,42-45,58H,6-7,26-28,30-32H2,1-5H3,(H,52,60)(H,53,61)(H,54,59)/t33-,34-,42-,43-,44-,45-/m0/s1. The van der Waals surface area contributed by atoms with Crippen LogP contribution >= 0.6 is 0 Å². The second-order valence-electron chi connectivity index (χ2n) is 16.4.